The molecule has 2 aromatic carbocycles. The molecule has 0 radical (unpaired) electrons. The standard InChI is InChI=1S/C23H31N3O3S/c1-3-16-25-17-14-20(15-18-25)24-23(27)19-10-12-22(13-11-19)30(28,29)26(4-2)21-8-6-5-7-9-21/h5-13,20H,3-4,14-18H2,1-2H3,(H,24,27). The lowest BCUT2D eigenvalue weighted by atomic mass is 10.0. The Morgan fingerprint density at radius 1 is 1.03 bits per heavy atom. The third kappa shape index (κ3) is 5.21. The third-order valence-electron chi connectivity index (χ3n) is 5.50. The highest BCUT2D eigenvalue weighted by Crippen LogP contribution is 2.23. The molecule has 1 N–H and O–H groups in total. The molecule has 0 saturated carbocycles. The number of amides is 1. The van der Waals surface area contributed by atoms with Crippen LogP contribution in [-0.2, 0) is 10.0 Å². The van der Waals surface area contributed by atoms with Crippen molar-refractivity contribution in [3.05, 3.63) is 60.2 Å². The molecule has 0 spiro atoms. The number of nitrogens with one attached hydrogen (secondary N) is 1. The predicted octanol–water partition coefficient (Wildman–Crippen LogP) is 3.51. The molecule has 0 bridgehead atoms. The van der Waals surface area contributed by atoms with Crippen molar-refractivity contribution in [2.45, 2.75) is 44.0 Å². The van der Waals surface area contributed by atoms with Gasteiger partial charge in [0.15, 0.2) is 0 Å². The molecular formula is C23H31N3O3S. The second-order valence-electron chi connectivity index (χ2n) is 7.62. The van der Waals surface area contributed by atoms with Crippen molar-refractivity contribution < 1.29 is 13.2 Å². The molecule has 30 heavy (non-hydrogen) atoms. The van der Waals surface area contributed by atoms with Crippen LogP contribution in [0.4, 0.5) is 5.69 Å². The number of carbonyl (C=O) groups excluding carboxylic acids is 1. The molecule has 1 heterocycles. The highest BCUT2D eigenvalue weighted by molar-refractivity contribution is 7.92. The number of hydrogen-bond donors (Lipinski definition) is 1. The van der Waals surface area contributed by atoms with Crippen molar-refractivity contribution in [2.75, 3.05) is 30.5 Å². The van der Waals surface area contributed by atoms with Gasteiger partial charge in [0.2, 0.25) is 0 Å². The maximum absolute atomic E-state index is 13.1. The van der Waals surface area contributed by atoms with E-state index < -0.39 is 10.0 Å². The Balaban J connectivity index is 1.66. The van der Waals surface area contributed by atoms with Crippen LogP contribution in [0.1, 0.15) is 43.5 Å². The van der Waals surface area contributed by atoms with Crippen molar-refractivity contribution in [1.82, 2.24) is 10.2 Å². The van der Waals surface area contributed by atoms with E-state index in [1.54, 1.807) is 31.2 Å². The van der Waals surface area contributed by atoms with Crippen LogP contribution >= 0.6 is 0 Å². The van der Waals surface area contributed by atoms with E-state index in [2.05, 4.69) is 17.1 Å². The zero-order chi connectivity index (χ0) is 21.6. The summed E-state index contributed by atoms with van der Waals surface area (Å²) in [6, 6.07) is 15.4. The molecule has 0 unspecified atom stereocenters. The van der Waals surface area contributed by atoms with Gasteiger partial charge in [-0.2, -0.15) is 0 Å². The van der Waals surface area contributed by atoms with E-state index in [1.165, 1.54) is 16.4 Å². The van der Waals surface area contributed by atoms with Gasteiger partial charge in [0, 0.05) is 31.2 Å². The monoisotopic (exact) mass is 429 g/mol. The Kier molecular flexibility index (Phi) is 7.50. The zero-order valence-electron chi connectivity index (χ0n) is 17.8. The van der Waals surface area contributed by atoms with Crippen LogP contribution in [0.2, 0.25) is 0 Å². The van der Waals surface area contributed by atoms with Gasteiger partial charge in [-0.15, -0.1) is 0 Å². The Morgan fingerprint density at radius 2 is 1.67 bits per heavy atom. The minimum atomic E-state index is -3.69. The van der Waals surface area contributed by atoms with Gasteiger partial charge in [-0.05, 0) is 69.1 Å². The minimum Gasteiger partial charge on any atom is -0.349 e. The number of anilines is 1. The molecule has 1 fully saturated rings. The topological polar surface area (TPSA) is 69.7 Å². The predicted molar refractivity (Wildman–Crippen MR) is 120 cm³/mol. The first-order chi connectivity index (χ1) is 14.5. The van der Waals surface area contributed by atoms with Crippen molar-refractivity contribution in [2.24, 2.45) is 0 Å². The van der Waals surface area contributed by atoms with Crippen LogP contribution in [0, 0.1) is 0 Å². The summed E-state index contributed by atoms with van der Waals surface area (Å²) in [6.45, 7) is 7.42. The molecule has 1 aliphatic heterocycles. The molecular weight excluding hydrogens is 398 g/mol. The molecule has 7 heteroatoms. The lowest BCUT2D eigenvalue weighted by Gasteiger charge is -2.32. The van der Waals surface area contributed by atoms with E-state index in [-0.39, 0.29) is 16.8 Å². The molecule has 3 rings (SSSR count). The summed E-state index contributed by atoms with van der Waals surface area (Å²) in [6.07, 6.45) is 3.04. The molecule has 0 atom stereocenters. The molecule has 0 aromatic heterocycles. The van der Waals surface area contributed by atoms with E-state index in [9.17, 15) is 13.2 Å². The van der Waals surface area contributed by atoms with Crippen LogP contribution in [0.15, 0.2) is 59.5 Å². The third-order valence-corrected chi connectivity index (χ3v) is 7.42. The first-order valence-corrected chi connectivity index (χ1v) is 12.1. The molecule has 1 saturated heterocycles. The first kappa shape index (κ1) is 22.3. The van der Waals surface area contributed by atoms with Crippen LogP contribution in [0.5, 0.6) is 0 Å². The Hall–Kier alpha value is -2.38. The van der Waals surface area contributed by atoms with Crippen molar-refractivity contribution in [1.29, 1.82) is 0 Å². The van der Waals surface area contributed by atoms with Crippen molar-refractivity contribution in [3.63, 3.8) is 0 Å². The molecule has 1 amide bonds. The van der Waals surface area contributed by atoms with Gasteiger partial charge < -0.3 is 10.2 Å². The largest absolute Gasteiger partial charge is 0.349 e. The highest BCUT2D eigenvalue weighted by Gasteiger charge is 2.24. The lowest BCUT2D eigenvalue weighted by Crippen LogP contribution is -2.44. The quantitative estimate of drug-likeness (QED) is 0.697. The Morgan fingerprint density at radius 3 is 2.23 bits per heavy atom. The van der Waals surface area contributed by atoms with Gasteiger partial charge in [-0.1, -0.05) is 25.1 Å². The van der Waals surface area contributed by atoms with E-state index >= 15 is 0 Å². The summed E-state index contributed by atoms with van der Waals surface area (Å²) < 4.78 is 27.5. The van der Waals surface area contributed by atoms with Crippen LogP contribution in [0.25, 0.3) is 0 Å². The summed E-state index contributed by atoms with van der Waals surface area (Å²) in [5, 5.41) is 3.09. The van der Waals surface area contributed by atoms with Crippen LogP contribution in [0.3, 0.4) is 0 Å². The Bertz CT molecular complexity index is 922. The molecule has 2 aromatic rings. The maximum Gasteiger partial charge on any atom is 0.264 e. The second-order valence-corrected chi connectivity index (χ2v) is 9.48. The van der Waals surface area contributed by atoms with E-state index in [1.807, 2.05) is 18.2 Å². The SMILES string of the molecule is CCCN1CCC(NC(=O)c2ccc(S(=O)(=O)N(CC)c3ccccc3)cc2)CC1. The highest BCUT2D eigenvalue weighted by atomic mass is 32.2. The summed E-state index contributed by atoms with van der Waals surface area (Å²) in [5.74, 6) is -0.150. The number of hydrogen-bond acceptors (Lipinski definition) is 4. The number of nitrogens with zero attached hydrogens (tertiary/aromatic N) is 2. The van der Waals surface area contributed by atoms with Gasteiger partial charge in [-0.3, -0.25) is 9.10 Å². The van der Waals surface area contributed by atoms with E-state index in [0.29, 0.717) is 17.8 Å². The maximum atomic E-state index is 13.1. The Labute approximate surface area is 179 Å². The first-order valence-electron chi connectivity index (χ1n) is 10.7. The number of sulfonamides is 1. The van der Waals surface area contributed by atoms with Gasteiger partial charge in [-0.25, -0.2) is 8.42 Å². The molecule has 162 valence electrons. The van der Waals surface area contributed by atoms with Crippen molar-refractivity contribution >= 4 is 21.6 Å². The lowest BCUT2D eigenvalue weighted by molar-refractivity contribution is 0.0911. The summed E-state index contributed by atoms with van der Waals surface area (Å²) >= 11 is 0. The van der Waals surface area contributed by atoms with Gasteiger partial charge in [0.25, 0.3) is 15.9 Å². The number of piperidine rings is 1. The number of para-hydroxylation sites is 1. The van der Waals surface area contributed by atoms with Crippen LogP contribution in [-0.4, -0.2) is 51.4 Å². The fourth-order valence-corrected chi connectivity index (χ4v) is 5.35. The number of benzene rings is 2. The smallest absolute Gasteiger partial charge is 0.264 e. The fourth-order valence-electron chi connectivity index (χ4n) is 3.88. The van der Waals surface area contributed by atoms with Gasteiger partial charge >= 0.3 is 0 Å². The second kappa shape index (κ2) is 10.1. The zero-order valence-corrected chi connectivity index (χ0v) is 18.6. The van der Waals surface area contributed by atoms with Gasteiger partial charge in [0.05, 0.1) is 10.6 Å². The number of likely N-dealkylation sites (tertiary alicyclic amines) is 1. The molecule has 0 aliphatic carbocycles. The fraction of sp³-hybridized carbons (Fsp3) is 0.435. The van der Waals surface area contributed by atoms with Crippen LogP contribution < -0.4 is 9.62 Å². The normalized spacial score (nSPS) is 15.7. The number of rotatable bonds is 8. The molecule has 1 aliphatic rings. The summed E-state index contributed by atoms with van der Waals surface area (Å²) in [7, 11) is -3.69. The summed E-state index contributed by atoms with van der Waals surface area (Å²) in [5.41, 5.74) is 1.10. The summed E-state index contributed by atoms with van der Waals surface area (Å²) in [4.78, 5) is 15.2. The van der Waals surface area contributed by atoms with E-state index in [4.69, 9.17) is 0 Å². The average molecular weight is 430 g/mol. The minimum absolute atomic E-state index is 0.150. The average Bonchev–Trinajstić information content (AvgIpc) is 2.76. The van der Waals surface area contributed by atoms with Crippen molar-refractivity contribution in [3.8, 4) is 0 Å². The van der Waals surface area contributed by atoms with Gasteiger partial charge in [0.1, 0.15) is 0 Å². The molecule has 6 nitrogen and oxygen atoms in total. The number of carbonyl (C=O) groups is 1. The van der Waals surface area contributed by atoms with E-state index in [0.717, 1.165) is 38.9 Å².